The lowest BCUT2D eigenvalue weighted by atomic mass is 9.95. The highest BCUT2D eigenvalue weighted by molar-refractivity contribution is 7.07. The first-order valence-corrected chi connectivity index (χ1v) is 14.4. The van der Waals surface area contributed by atoms with Crippen molar-refractivity contribution in [3.63, 3.8) is 0 Å². The lowest BCUT2D eigenvalue weighted by Gasteiger charge is -2.25. The predicted molar refractivity (Wildman–Crippen MR) is 166 cm³/mol. The number of aromatic nitrogens is 1. The molecule has 43 heavy (non-hydrogen) atoms. The lowest BCUT2D eigenvalue weighted by molar-refractivity contribution is -0.113. The first-order chi connectivity index (χ1) is 20.8. The van der Waals surface area contributed by atoms with Crippen molar-refractivity contribution in [2.24, 2.45) is 4.99 Å². The third kappa shape index (κ3) is 5.50. The van der Waals surface area contributed by atoms with Gasteiger partial charge in [0.15, 0.2) is 10.6 Å². The van der Waals surface area contributed by atoms with E-state index in [2.05, 4.69) is 5.32 Å². The molecule has 0 bridgehead atoms. The van der Waals surface area contributed by atoms with Crippen LogP contribution in [0.2, 0.25) is 0 Å². The number of para-hydroxylation sites is 1. The van der Waals surface area contributed by atoms with Crippen LogP contribution in [0.15, 0.2) is 116 Å². The topological polar surface area (TPSA) is 103 Å². The molecule has 1 amide bonds. The van der Waals surface area contributed by atoms with Gasteiger partial charge in [0.05, 0.1) is 29.0 Å². The third-order valence-electron chi connectivity index (χ3n) is 7.18. The zero-order valence-electron chi connectivity index (χ0n) is 23.7. The minimum atomic E-state index is -0.732. The standard InChI is InChI=1S/C34H27N3O5S/c1-20-30(32(39)36-25-9-5-4-6-10-25)31(24-8-7-11-26(18-24)41-3)37-33(40)29(43-34(37)35-20)19-27-16-17-28(42-27)23-14-12-22(13-15-23)21(2)38/h4-19,31H,1-3H3,(H,36,39)/b29-19-/t31-/m1/s1. The number of thiazole rings is 1. The molecule has 214 valence electrons. The first-order valence-electron chi connectivity index (χ1n) is 13.6. The van der Waals surface area contributed by atoms with E-state index in [1.54, 1.807) is 55.0 Å². The monoisotopic (exact) mass is 589 g/mol. The number of anilines is 1. The Morgan fingerprint density at radius 3 is 2.49 bits per heavy atom. The number of fused-ring (bicyclic) bond motifs is 1. The molecular weight excluding hydrogens is 562 g/mol. The Labute approximate surface area is 250 Å². The van der Waals surface area contributed by atoms with Crippen molar-refractivity contribution in [2.45, 2.75) is 19.9 Å². The Bertz CT molecular complexity index is 2070. The number of ether oxygens (including phenoxy) is 1. The number of Topliss-reactive ketones (excluding diaryl/α,β-unsaturated/α-hetero) is 1. The number of hydrogen-bond acceptors (Lipinski definition) is 7. The van der Waals surface area contributed by atoms with E-state index < -0.39 is 6.04 Å². The minimum Gasteiger partial charge on any atom is -0.497 e. The van der Waals surface area contributed by atoms with Crippen molar-refractivity contribution in [1.82, 2.24) is 4.57 Å². The Hall–Kier alpha value is -5.28. The van der Waals surface area contributed by atoms with Crippen molar-refractivity contribution < 1.29 is 18.7 Å². The number of benzene rings is 3. The van der Waals surface area contributed by atoms with Crippen LogP contribution in [0.25, 0.3) is 17.4 Å². The average Bonchev–Trinajstić information content (AvgIpc) is 3.61. The highest BCUT2D eigenvalue weighted by Crippen LogP contribution is 2.32. The molecule has 6 rings (SSSR count). The zero-order valence-corrected chi connectivity index (χ0v) is 24.5. The van der Waals surface area contributed by atoms with E-state index in [0.717, 1.165) is 5.56 Å². The van der Waals surface area contributed by atoms with Crippen LogP contribution in [-0.4, -0.2) is 23.4 Å². The van der Waals surface area contributed by atoms with Crippen molar-refractivity contribution >= 4 is 34.8 Å². The van der Waals surface area contributed by atoms with Crippen LogP contribution in [0.3, 0.4) is 0 Å². The number of nitrogens with zero attached hydrogens (tertiary/aromatic N) is 2. The second kappa shape index (κ2) is 11.5. The molecular formula is C34H27N3O5S. The number of amides is 1. The molecule has 0 fully saturated rings. The molecule has 9 heteroatoms. The number of ketones is 1. The molecule has 1 N–H and O–H groups in total. The number of hydrogen-bond donors (Lipinski definition) is 1. The number of furan rings is 1. The van der Waals surface area contributed by atoms with Gasteiger partial charge in [0.1, 0.15) is 17.3 Å². The molecule has 1 atom stereocenters. The summed E-state index contributed by atoms with van der Waals surface area (Å²) in [7, 11) is 1.57. The molecule has 2 aromatic heterocycles. The number of nitrogens with one attached hydrogen (secondary N) is 1. The van der Waals surface area contributed by atoms with Crippen LogP contribution >= 0.6 is 11.3 Å². The summed E-state index contributed by atoms with van der Waals surface area (Å²) in [6.45, 7) is 3.30. The van der Waals surface area contributed by atoms with Crippen LogP contribution in [0.1, 0.15) is 41.6 Å². The van der Waals surface area contributed by atoms with E-state index in [0.29, 0.717) is 54.7 Å². The van der Waals surface area contributed by atoms with Gasteiger partial charge in [-0.1, -0.05) is 65.9 Å². The molecule has 3 heterocycles. The smallest absolute Gasteiger partial charge is 0.271 e. The van der Waals surface area contributed by atoms with Crippen molar-refractivity contribution in [3.8, 4) is 17.1 Å². The average molecular weight is 590 g/mol. The zero-order chi connectivity index (χ0) is 30.1. The molecule has 0 saturated heterocycles. The molecule has 0 saturated carbocycles. The van der Waals surface area contributed by atoms with Gasteiger partial charge in [-0.05, 0) is 55.8 Å². The largest absolute Gasteiger partial charge is 0.497 e. The lowest BCUT2D eigenvalue weighted by Crippen LogP contribution is -2.40. The molecule has 1 aliphatic heterocycles. The van der Waals surface area contributed by atoms with Gasteiger partial charge in [-0.3, -0.25) is 19.0 Å². The van der Waals surface area contributed by atoms with E-state index in [1.165, 1.54) is 18.3 Å². The molecule has 8 nitrogen and oxygen atoms in total. The predicted octanol–water partition coefficient (Wildman–Crippen LogP) is 5.35. The molecule has 0 spiro atoms. The van der Waals surface area contributed by atoms with E-state index in [4.69, 9.17) is 14.1 Å². The van der Waals surface area contributed by atoms with Gasteiger partial charge >= 0.3 is 0 Å². The summed E-state index contributed by atoms with van der Waals surface area (Å²) in [5.41, 5.74) is 3.38. The van der Waals surface area contributed by atoms with Crippen LogP contribution in [0, 0.1) is 0 Å². The molecule has 1 aliphatic rings. The number of methoxy groups -OCH3 is 1. The van der Waals surface area contributed by atoms with E-state index in [1.807, 2.05) is 60.7 Å². The second-order valence-corrected chi connectivity index (χ2v) is 11.0. The first kappa shape index (κ1) is 27.9. The van der Waals surface area contributed by atoms with Crippen LogP contribution in [0.5, 0.6) is 5.75 Å². The third-order valence-corrected chi connectivity index (χ3v) is 8.17. The maximum atomic E-state index is 14.0. The molecule has 0 unspecified atom stereocenters. The van der Waals surface area contributed by atoms with E-state index >= 15 is 0 Å². The Balaban J connectivity index is 1.43. The molecule has 0 radical (unpaired) electrons. The summed E-state index contributed by atoms with van der Waals surface area (Å²) < 4.78 is 13.5. The van der Waals surface area contributed by atoms with E-state index in [-0.39, 0.29) is 17.2 Å². The van der Waals surface area contributed by atoms with Crippen molar-refractivity contribution in [1.29, 1.82) is 0 Å². The highest BCUT2D eigenvalue weighted by Gasteiger charge is 2.32. The Kier molecular flexibility index (Phi) is 7.48. The molecule has 5 aromatic rings. The summed E-state index contributed by atoms with van der Waals surface area (Å²) >= 11 is 1.23. The summed E-state index contributed by atoms with van der Waals surface area (Å²) in [5, 5.41) is 2.95. The number of carbonyl (C=O) groups is 2. The quantitative estimate of drug-likeness (QED) is 0.258. The van der Waals surface area contributed by atoms with Crippen molar-refractivity contribution in [3.05, 3.63) is 139 Å². The van der Waals surface area contributed by atoms with Gasteiger partial charge < -0.3 is 14.5 Å². The van der Waals surface area contributed by atoms with Gasteiger partial charge in [0.2, 0.25) is 0 Å². The normalized spacial score (nSPS) is 14.7. The Morgan fingerprint density at radius 2 is 1.77 bits per heavy atom. The SMILES string of the molecule is COc1cccc([C@@H]2C(C(=O)Nc3ccccc3)=C(C)N=c3s/c(=C\c4ccc(-c5ccc(C(C)=O)cc5)o4)c(=O)n32)c1. The highest BCUT2D eigenvalue weighted by atomic mass is 32.1. The summed E-state index contributed by atoms with van der Waals surface area (Å²) in [5.74, 6) is 1.36. The fraction of sp³-hybridized carbons (Fsp3) is 0.118. The number of rotatable bonds is 7. The van der Waals surface area contributed by atoms with E-state index in [9.17, 15) is 14.4 Å². The fourth-order valence-electron chi connectivity index (χ4n) is 5.04. The van der Waals surface area contributed by atoms with Crippen LogP contribution < -0.4 is 24.9 Å². The van der Waals surface area contributed by atoms with Gasteiger partial charge in [0.25, 0.3) is 11.5 Å². The minimum absolute atomic E-state index is 0.00903. The van der Waals surface area contributed by atoms with Crippen LogP contribution in [-0.2, 0) is 4.79 Å². The summed E-state index contributed by atoms with van der Waals surface area (Å²) in [4.78, 5) is 44.5. The van der Waals surface area contributed by atoms with Gasteiger partial charge in [-0.25, -0.2) is 4.99 Å². The second-order valence-electron chi connectivity index (χ2n) is 10.0. The summed E-state index contributed by atoms with van der Waals surface area (Å²) in [6, 6.07) is 26.5. The molecule has 3 aromatic carbocycles. The van der Waals surface area contributed by atoms with Gasteiger partial charge in [0, 0.05) is 22.9 Å². The maximum Gasteiger partial charge on any atom is 0.271 e. The Morgan fingerprint density at radius 1 is 1.00 bits per heavy atom. The van der Waals surface area contributed by atoms with Crippen molar-refractivity contribution in [2.75, 3.05) is 12.4 Å². The number of carbonyl (C=O) groups excluding carboxylic acids is 2. The maximum absolute atomic E-state index is 14.0. The van der Waals surface area contributed by atoms with Crippen LogP contribution in [0.4, 0.5) is 5.69 Å². The fourth-order valence-corrected chi connectivity index (χ4v) is 6.07. The molecule has 0 aliphatic carbocycles. The summed E-state index contributed by atoms with van der Waals surface area (Å²) in [6.07, 6.45) is 1.68. The van der Waals surface area contributed by atoms with Gasteiger partial charge in [-0.2, -0.15) is 0 Å². The van der Waals surface area contributed by atoms with Gasteiger partial charge in [-0.15, -0.1) is 0 Å². The number of allylic oxidation sites excluding steroid dienone is 1.